The van der Waals surface area contributed by atoms with Gasteiger partial charge in [0.1, 0.15) is 5.82 Å². The monoisotopic (exact) mass is 257 g/mol. The Kier molecular flexibility index (Phi) is 3.89. The lowest BCUT2D eigenvalue weighted by Gasteiger charge is -2.19. The molecule has 0 aliphatic rings. The van der Waals surface area contributed by atoms with Crippen LogP contribution >= 0.6 is 0 Å². The normalized spacial score (nSPS) is 12.3. The van der Waals surface area contributed by atoms with E-state index < -0.39 is 0 Å². The maximum atomic E-state index is 13.1. The molecule has 0 radical (unpaired) electrons. The van der Waals surface area contributed by atoms with Crippen LogP contribution in [0.5, 0.6) is 0 Å². The van der Waals surface area contributed by atoms with Crippen molar-refractivity contribution in [2.75, 3.05) is 5.32 Å². The van der Waals surface area contributed by atoms with Crippen molar-refractivity contribution >= 4 is 5.69 Å². The molecule has 2 aromatic rings. The van der Waals surface area contributed by atoms with Crippen molar-refractivity contribution in [2.24, 2.45) is 0 Å². The summed E-state index contributed by atoms with van der Waals surface area (Å²) in [5.74, 6) is -0.192. The molecule has 1 unspecified atom stereocenters. The van der Waals surface area contributed by atoms with Crippen molar-refractivity contribution in [1.82, 2.24) is 0 Å². The average molecular weight is 257 g/mol. The third kappa shape index (κ3) is 3.14. The molecule has 0 heterocycles. The second-order valence-corrected chi connectivity index (χ2v) is 5.19. The highest BCUT2D eigenvalue weighted by atomic mass is 19.1. The van der Waals surface area contributed by atoms with E-state index in [0.717, 1.165) is 11.3 Å². The van der Waals surface area contributed by atoms with Gasteiger partial charge in [0.05, 0.1) is 0 Å². The summed E-state index contributed by atoms with van der Waals surface area (Å²) >= 11 is 0. The molecule has 19 heavy (non-hydrogen) atoms. The Morgan fingerprint density at radius 3 is 2.32 bits per heavy atom. The molecule has 1 N–H and O–H groups in total. The molecule has 0 aliphatic carbocycles. The van der Waals surface area contributed by atoms with Gasteiger partial charge in [0, 0.05) is 11.7 Å². The first-order valence-electron chi connectivity index (χ1n) is 6.57. The summed E-state index contributed by atoms with van der Waals surface area (Å²) in [7, 11) is 0. The van der Waals surface area contributed by atoms with Crippen molar-refractivity contribution in [3.05, 3.63) is 64.5 Å². The summed E-state index contributed by atoms with van der Waals surface area (Å²) in [5.41, 5.74) is 5.73. The lowest BCUT2D eigenvalue weighted by Crippen LogP contribution is -2.09. The summed E-state index contributed by atoms with van der Waals surface area (Å²) in [5, 5.41) is 3.45. The smallest absolute Gasteiger partial charge is 0.123 e. The molecule has 0 fully saturated rings. The van der Waals surface area contributed by atoms with Crippen LogP contribution in [0.25, 0.3) is 0 Å². The molecular weight excluding hydrogens is 237 g/mol. The largest absolute Gasteiger partial charge is 0.378 e. The van der Waals surface area contributed by atoms with Gasteiger partial charge in [-0.2, -0.15) is 0 Å². The van der Waals surface area contributed by atoms with Crippen molar-refractivity contribution < 1.29 is 4.39 Å². The zero-order valence-electron chi connectivity index (χ0n) is 11.9. The molecule has 1 nitrogen and oxygen atoms in total. The van der Waals surface area contributed by atoms with Gasteiger partial charge >= 0.3 is 0 Å². The highest BCUT2D eigenvalue weighted by Crippen LogP contribution is 2.25. The number of hydrogen-bond donors (Lipinski definition) is 1. The van der Waals surface area contributed by atoms with E-state index in [1.807, 2.05) is 6.92 Å². The van der Waals surface area contributed by atoms with E-state index in [2.05, 4.69) is 44.3 Å². The topological polar surface area (TPSA) is 12.0 Å². The van der Waals surface area contributed by atoms with Crippen molar-refractivity contribution in [3.8, 4) is 0 Å². The molecule has 0 saturated heterocycles. The van der Waals surface area contributed by atoms with Crippen LogP contribution in [-0.2, 0) is 0 Å². The molecule has 0 amide bonds. The molecule has 0 aromatic heterocycles. The van der Waals surface area contributed by atoms with E-state index in [9.17, 15) is 4.39 Å². The lowest BCUT2D eigenvalue weighted by molar-refractivity contribution is 0.626. The van der Waals surface area contributed by atoms with Gasteiger partial charge in [0.15, 0.2) is 0 Å². The van der Waals surface area contributed by atoms with E-state index in [1.54, 1.807) is 12.1 Å². The standard InChI is InChI=1S/C17H20FN/c1-11-5-7-16(12(2)9-11)14(4)19-17-8-6-15(18)10-13(17)3/h5-10,14,19H,1-4H3. The molecule has 100 valence electrons. The molecule has 0 saturated carbocycles. The van der Waals surface area contributed by atoms with Gasteiger partial charge in [-0.15, -0.1) is 0 Å². The Balaban J connectivity index is 2.23. The van der Waals surface area contributed by atoms with E-state index in [-0.39, 0.29) is 11.9 Å². The fraction of sp³-hybridized carbons (Fsp3) is 0.294. The third-order valence-electron chi connectivity index (χ3n) is 3.45. The Labute approximate surface area is 114 Å². The highest BCUT2D eigenvalue weighted by Gasteiger charge is 2.09. The summed E-state index contributed by atoms with van der Waals surface area (Å²) in [6, 6.07) is 11.5. The van der Waals surface area contributed by atoms with Gasteiger partial charge in [-0.3, -0.25) is 0 Å². The maximum Gasteiger partial charge on any atom is 0.123 e. The summed E-state index contributed by atoms with van der Waals surface area (Å²) in [4.78, 5) is 0. The fourth-order valence-electron chi connectivity index (χ4n) is 2.41. The zero-order valence-corrected chi connectivity index (χ0v) is 11.9. The number of benzene rings is 2. The number of nitrogens with one attached hydrogen (secondary N) is 1. The highest BCUT2D eigenvalue weighted by molar-refractivity contribution is 5.52. The Morgan fingerprint density at radius 1 is 0.947 bits per heavy atom. The van der Waals surface area contributed by atoms with Crippen LogP contribution in [0.1, 0.15) is 35.2 Å². The lowest BCUT2D eigenvalue weighted by atomic mass is 10.00. The average Bonchev–Trinajstić information content (AvgIpc) is 2.32. The van der Waals surface area contributed by atoms with Gasteiger partial charge in [-0.05, 0) is 62.6 Å². The first-order valence-corrected chi connectivity index (χ1v) is 6.57. The van der Waals surface area contributed by atoms with E-state index in [4.69, 9.17) is 0 Å². The molecule has 2 rings (SSSR count). The predicted molar refractivity (Wildman–Crippen MR) is 79.1 cm³/mol. The molecule has 0 bridgehead atoms. The second-order valence-electron chi connectivity index (χ2n) is 5.19. The van der Waals surface area contributed by atoms with Crippen molar-refractivity contribution in [3.63, 3.8) is 0 Å². The van der Waals surface area contributed by atoms with Gasteiger partial charge < -0.3 is 5.32 Å². The number of rotatable bonds is 3. The SMILES string of the molecule is Cc1ccc(C(C)Nc2ccc(F)cc2C)c(C)c1. The summed E-state index contributed by atoms with van der Waals surface area (Å²) < 4.78 is 13.1. The first-order chi connectivity index (χ1) is 8.97. The van der Waals surface area contributed by atoms with Crippen LogP contribution in [0.2, 0.25) is 0 Å². The zero-order chi connectivity index (χ0) is 14.0. The Hall–Kier alpha value is -1.83. The molecular formula is C17H20FN. The predicted octanol–water partition coefficient (Wildman–Crippen LogP) is 4.92. The van der Waals surface area contributed by atoms with Crippen molar-refractivity contribution in [1.29, 1.82) is 0 Å². The van der Waals surface area contributed by atoms with Gasteiger partial charge in [0.2, 0.25) is 0 Å². The first kappa shape index (κ1) is 13.6. The fourth-order valence-corrected chi connectivity index (χ4v) is 2.41. The van der Waals surface area contributed by atoms with Gasteiger partial charge in [0.25, 0.3) is 0 Å². The molecule has 1 atom stereocenters. The van der Waals surface area contributed by atoms with E-state index >= 15 is 0 Å². The van der Waals surface area contributed by atoms with E-state index in [1.165, 1.54) is 22.8 Å². The number of halogens is 1. The Bertz CT molecular complexity index is 590. The molecule has 0 aliphatic heterocycles. The second kappa shape index (κ2) is 5.43. The van der Waals surface area contributed by atoms with Gasteiger partial charge in [-0.25, -0.2) is 4.39 Å². The number of anilines is 1. The van der Waals surface area contributed by atoms with Crippen LogP contribution in [0.4, 0.5) is 10.1 Å². The minimum absolute atomic E-state index is 0.192. The molecule has 0 spiro atoms. The van der Waals surface area contributed by atoms with Crippen LogP contribution < -0.4 is 5.32 Å². The van der Waals surface area contributed by atoms with Crippen LogP contribution in [0, 0.1) is 26.6 Å². The third-order valence-corrected chi connectivity index (χ3v) is 3.45. The summed E-state index contributed by atoms with van der Waals surface area (Å²) in [6.07, 6.45) is 0. The van der Waals surface area contributed by atoms with Crippen LogP contribution in [0.3, 0.4) is 0 Å². The quantitative estimate of drug-likeness (QED) is 0.822. The van der Waals surface area contributed by atoms with E-state index in [0.29, 0.717) is 0 Å². The van der Waals surface area contributed by atoms with Crippen molar-refractivity contribution in [2.45, 2.75) is 33.7 Å². The number of aryl methyl sites for hydroxylation is 3. The molecule has 2 heteroatoms. The summed E-state index contributed by atoms with van der Waals surface area (Å²) in [6.45, 7) is 8.26. The molecule has 2 aromatic carbocycles. The number of hydrogen-bond acceptors (Lipinski definition) is 1. The van der Waals surface area contributed by atoms with Gasteiger partial charge in [-0.1, -0.05) is 23.8 Å². The van der Waals surface area contributed by atoms with Crippen LogP contribution in [-0.4, -0.2) is 0 Å². The Morgan fingerprint density at radius 2 is 1.68 bits per heavy atom. The minimum atomic E-state index is -0.192. The maximum absolute atomic E-state index is 13.1. The van der Waals surface area contributed by atoms with Crippen LogP contribution in [0.15, 0.2) is 36.4 Å². The minimum Gasteiger partial charge on any atom is -0.378 e.